The summed E-state index contributed by atoms with van der Waals surface area (Å²) in [5, 5.41) is 6.04. The number of rotatable bonds is 12. The number of anilines is 1. The van der Waals surface area contributed by atoms with Gasteiger partial charge in [-0.2, -0.15) is 13.2 Å². The minimum Gasteiger partial charge on any atom is -1.00 e. The third kappa shape index (κ3) is 12.6. The highest BCUT2D eigenvalue weighted by Gasteiger charge is 2.30. The second-order valence-corrected chi connectivity index (χ2v) is 9.14. The van der Waals surface area contributed by atoms with E-state index in [-0.39, 0.29) is 94.6 Å². The fourth-order valence-electron chi connectivity index (χ4n) is 3.96. The van der Waals surface area contributed by atoms with Gasteiger partial charge in [0.2, 0.25) is 17.7 Å². The van der Waals surface area contributed by atoms with Crippen molar-refractivity contribution in [3.05, 3.63) is 71.9 Å². The molecule has 8 N–H and O–H groups in total. The maximum absolute atomic E-state index is 13.2. The molecule has 1 aromatic heterocycles. The Hall–Kier alpha value is -2.91. The van der Waals surface area contributed by atoms with Crippen LogP contribution in [0.2, 0.25) is 0 Å². The number of carbonyl (C=O) groups is 3. The zero-order chi connectivity index (χ0) is 29.3. The van der Waals surface area contributed by atoms with E-state index in [1.165, 1.54) is 23.2 Å². The monoisotopic (exact) mass is 699 g/mol. The summed E-state index contributed by atoms with van der Waals surface area (Å²) >= 11 is 0. The van der Waals surface area contributed by atoms with E-state index in [1.54, 1.807) is 6.07 Å². The summed E-state index contributed by atoms with van der Waals surface area (Å²) < 4.78 is 39.0. The van der Waals surface area contributed by atoms with E-state index >= 15 is 0 Å². The van der Waals surface area contributed by atoms with Crippen LogP contribution in [0.25, 0.3) is 10.9 Å². The Bertz CT molecular complexity index is 1340. The second kappa shape index (κ2) is 20.2. The molecule has 0 saturated carbocycles. The van der Waals surface area contributed by atoms with E-state index in [4.69, 9.17) is 17.2 Å². The van der Waals surface area contributed by atoms with Crippen LogP contribution in [0.5, 0.6) is 0 Å². The first-order valence-electron chi connectivity index (χ1n) is 12.6. The van der Waals surface area contributed by atoms with Gasteiger partial charge in [-0.1, -0.05) is 30.3 Å². The summed E-state index contributed by atoms with van der Waals surface area (Å²) in [4.78, 5) is 44.1. The van der Waals surface area contributed by atoms with E-state index in [0.29, 0.717) is 11.3 Å². The lowest BCUT2D eigenvalue weighted by Gasteiger charge is -2.22. The largest absolute Gasteiger partial charge is 1.00 e. The number of benzene rings is 2. The van der Waals surface area contributed by atoms with Gasteiger partial charge in [0.1, 0.15) is 6.04 Å². The van der Waals surface area contributed by atoms with E-state index in [0.717, 1.165) is 23.0 Å². The van der Waals surface area contributed by atoms with Gasteiger partial charge in [0, 0.05) is 31.3 Å². The number of alkyl halides is 3. The van der Waals surface area contributed by atoms with Crippen LogP contribution in [0.3, 0.4) is 0 Å². The third-order valence-electron chi connectivity index (χ3n) is 6.19. The molecule has 1 heterocycles. The minimum absolute atomic E-state index is 0. The number of amides is 3. The Morgan fingerprint density at radius 1 is 0.932 bits per heavy atom. The lowest BCUT2D eigenvalue weighted by Crippen LogP contribution is -3.00. The molecule has 2 aromatic carbocycles. The molecule has 0 saturated heterocycles. The number of aromatic nitrogens is 1. The molecule has 0 fully saturated rings. The molecule has 17 heteroatoms. The SMILES string of the molecule is NCCN(CN)C(=O)CC[C@H](N)C(=O)N[C@@H](Cc1ccc(C(F)(F)F)cc1)C(=O)Nc1cnc2ccccc2c1.[Cl-].[Cl-].[Cl-].[Cl-]. The molecular formula is C27H32Cl4F3N7O3-4. The molecule has 0 aliphatic carbocycles. The number of halogens is 7. The van der Waals surface area contributed by atoms with Crippen LogP contribution < -0.4 is 77.5 Å². The summed E-state index contributed by atoms with van der Waals surface area (Å²) in [5.41, 5.74) is 17.7. The number of nitrogens with zero attached hydrogens (tertiary/aromatic N) is 2. The average molecular weight is 701 g/mol. The summed E-state index contributed by atoms with van der Waals surface area (Å²) in [7, 11) is 0. The Kier molecular flexibility index (Phi) is 19.8. The van der Waals surface area contributed by atoms with Crippen LogP contribution >= 0.6 is 0 Å². The molecule has 0 unspecified atom stereocenters. The normalized spacial score (nSPS) is 11.8. The fraction of sp³-hybridized carbons (Fsp3) is 0.333. The molecule has 0 spiro atoms. The van der Waals surface area contributed by atoms with Gasteiger partial charge in [0.25, 0.3) is 0 Å². The quantitative estimate of drug-likeness (QED) is 0.117. The molecule has 44 heavy (non-hydrogen) atoms. The number of hydrogen-bond acceptors (Lipinski definition) is 7. The highest BCUT2D eigenvalue weighted by atomic mass is 35.5. The smallest absolute Gasteiger partial charge is 0.416 e. The van der Waals surface area contributed by atoms with E-state index in [9.17, 15) is 27.6 Å². The van der Waals surface area contributed by atoms with Gasteiger partial charge in [0.15, 0.2) is 0 Å². The van der Waals surface area contributed by atoms with Crippen molar-refractivity contribution in [1.82, 2.24) is 15.2 Å². The Morgan fingerprint density at radius 3 is 2.16 bits per heavy atom. The number of nitrogens with two attached hydrogens (primary N) is 3. The molecule has 3 amide bonds. The highest BCUT2D eigenvalue weighted by Crippen LogP contribution is 2.29. The zero-order valence-corrected chi connectivity index (χ0v) is 26.2. The van der Waals surface area contributed by atoms with Crippen LogP contribution in [0.1, 0.15) is 24.0 Å². The third-order valence-corrected chi connectivity index (χ3v) is 6.19. The summed E-state index contributed by atoms with van der Waals surface area (Å²) in [6.07, 6.45) is -3.25. The van der Waals surface area contributed by atoms with Crippen molar-refractivity contribution >= 4 is 34.3 Å². The van der Waals surface area contributed by atoms with Crippen molar-refractivity contribution in [2.24, 2.45) is 17.2 Å². The van der Waals surface area contributed by atoms with Crippen LogP contribution in [-0.2, 0) is 27.0 Å². The summed E-state index contributed by atoms with van der Waals surface area (Å²) in [6.45, 7) is 0.454. The van der Waals surface area contributed by atoms with Crippen molar-refractivity contribution in [2.75, 3.05) is 25.1 Å². The first-order chi connectivity index (χ1) is 19.0. The molecular weight excluding hydrogens is 669 g/mol. The fourth-order valence-corrected chi connectivity index (χ4v) is 3.96. The van der Waals surface area contributed by atoms with Crippen molar-refractivity contribution in [1.29, 1.82) is 0 Å². The standard InChI is InChI=1S/C27H32F3N7O3.4ClH/c28-27(29,30)19-7-5-17(6-8-19)13-23(26(40)35-20-14-18-3-1-2-4-22(18)34-15-20)36-25(39)21(33)9-10-24(38)37(16-32)12-11-31;;;;/h1-8,14-15,21,23H,9-13,16,31-33H2,(H,35,40)(H,36,39);4*1H/p-4/t21-,23-;;;;/m0..../s1. The van der Waals surface area contributed by atoms with Crippen LogP contribution in [0.15, 0.2) is 60.8 Å². The lowest BCUT2D eigenvalue weighted by atomic mass is 10.0. The van der Waals surface area contributed by atoms with Crippen molar-refractivity contribution in [3.8, 4) is 0 Å². The number of hydrogen-bond donors (Lipinski definition) is 5. The number of para-hydroxylation sites is 1. The zero-order valence-electron chi connectivity index (χ0n) is 23.2. The predicted octanol–water partition coefficient (Wildman–Crippen LogP) is -10.3. The first-order valence-corrected chi connectivity index (χ1v) is 12.6. The molecule has 10 nitrogen and oxygen atoms in total. The number of nitrogens with one attached hydrogen (secondary N) is 2. The topological polar surface area (TPSA) is 169 Å². The maximum atomic E-state index is 13.2. The minimum atomic E-state index is -4.51. The predicted molar refractivity (Wildman–Crippen MR) is 144 cm³/mol. The van der Waals surface area contributed by atoms with Gasteiger partial charge >= 0.3 is 6.18 Å². The second-order valence-electron chi connectivity index (χ2n) is 9.14. The van der Waals surface area contributed by atoms with Gasteiger partial charge in [0.05, 0.1) is 35.7 Å². The maximum Gasteiger partial charge on any atom is 0.416 e. The van der Waals surface area contributed by atoms with Crippen molar-refractivity contribution < 1.29 is 77.2 Å². The Morgan fingerprint density at radius 2 is 1.57 bits per heavy atom. The molecule has 3 aromatic rings. The lowest BCUT2D eigenvalue weighted by molar-refractivity contribution is -0.137. The van der Waals surface area contributed by atoms with Gasteiger partial charge in [-0.25, -0.2) is 0 Å². The van der Waals surface area contributed by atoms with Crippen LogP contribution in [-0.4, -0.2) is 59.4 Å². The molecule has 0 aliphatic rings. The van der Waals surface area contributed by atoms with Crippen molar-refractivity contribution in [3.63, 3.8) is 0 Å². The average Bonchev–Trinajstić information content (AvgIpc) is 2.93. The van der Waals surface area contributed by atoms with Gasteiger partial charge in [-0.3, -0.25) is 19.4 Å². The number of pyridine rings is 1. The highest BCUT2D eigenvalue weighted by molar-refractivity contribution is 5.99. The van der Waals surface area contributed by atoms with E-state index < -0.39 is 35.6 Å². The first kappa shape index (κ1) is 43.2. The van der Waals surface area contributed by atoms with Crippen LogP contribution in [0, 0.1) is 0 Å². The molecule has 0 bridgehead atoms. The van der Waals surface area contributed by atoms with Crippen molar-refractivity contribution in [2.45, 2.75) is 37.5 Å². The number of fused-ring (bicyclic) bond motifs is 1. The number of carbonyl (C=O) groups excluding carboxylic acids is 3. The molecule has 0 radical (unpaired) electrons. The molecule has 0 aliphatic heterocycles. The van der Waals surface area contributed by atoms with Gasteiger partial charge < -0.3 is 82.4 Å². The van der Waals surface area contributed by atoms with E-state index in [1.807, 2.05) is 24.3 Å². The van der Waals surface area contributed by atoms with Gasteiger partial charge in [-0.05, 0) is 36.2 Å². The van der Waals surface area contributed by atoms with E-state index in [2.05, 4.69) is 15.6 Å². The molecule has 246 valence electrons. The summed E-state index contributed by atoms with van der Waals surface area (Å²) in [6, 6.07) is 10.9. The Labute approximate surface area is 277 Å². The molecule has 3 rings (SSSR count). The molecule has 2 atom stereocenters. The van der Waals surface area contributed by atoms with Gasteiger partial charge in [-0.15, -0.1) is 0 Å². The van der Waals surface area contributed by atoms with Crippen LogP contribution in [0.4, 0.5) is 18.9 Å². The summed E-state index contributed by atoms with van der Waals surface area (Å²) in [5.74, 6) is -1.64. The Balaban J connectivity index is 0.